The van der Waals surface area contributed by atoms with E-state index in [9.17, 15) is 19.7 Å². The molecule has 2 aromatic rings. The van der Waals surface area contributed by atoms with Gasteiger partial charge in [-0.15, -0.1) is 0 Å². The van der Waals surface area contributed by atoms with Crippen LogP contribution >= 0.6 is 15.9 Å². The van der Waals surface area contributed by atoms with Crippen molar-refractivity contribution in [2.24, 2.45) is 0 Å². The predicted octanol–water partition coefficient (Wildman–Crippen LogP) is 2.11. The van der Waals surface area contributed by atoms with E-state index < -0.39 is 22.5 Å². The average Bonchev–Trinajstić information content (AvgIpc) is 2.49. The molecule has 1 aromatic carbocycles. The molecule has 0 radical (unpaired) electrons. The molecule has 2 N–H and O–H groups in total. The highest BCUT2D eigenvalue weighted by atomic mass is 79.9. The molecule has 22 heavy (non-hydrogen) atoms. The summed E-state index contributed by atoms with van der Waals surface area (Å²) in [6.07, 6.45) is 2.82. The first-order chi connectivity index (χ1) is 10.5. The van der Waals surface area contributed by atoms with Crippen molar-refractivity contribution in [2.45, 2.75) is 0 Å². The van der Waals surface area contributed by atoms with E-state index in [0.717, 1.165) is 0 Å². The largest absolute Gasteiger partial charge is 0.328 e. The van der Waals surface area contributed by atoms with E-state index >= 15 is 0 Å². The normalized spacial score (nSPS) is 9.86. The lowest BCUT2D eigenvalue weighted by molar-refractivity contribution is -0.385. The minimum Gasteiger partial charge on any atom is -0.276 e. The number of imide groups is 1. The molecule has 0 aliphatic rings. The highest BCUT2D eigenvalue weighted by molar-refractivity contribution is 9.10. The highest BCUT2D eigenvalue weighted by Crippen LogP contribution is 2.17. The molecule has 0 saturated carbocycles. The van der Waals surface area contributed by atoms with Crippen LogP contribution < -0.4 is 10.6 Å². The fourth-order valence-corrected chi connectivity index (χ4v) is 1.71. The van der Waals surface area contributed by atoms with Crippen LogP contribution in [0.4, 0.5) is 16.4 Å². The molecular formula is C12H8BrN5O4. The molecule has 10 heteroatoms. The van der Waals surface area contributed by atoms with Crippen LogP contribution in [0.15, 0.2) is 41.1 Å². The Bertz CT molecular complexity index is 735. The summed E-state index contributed by atoms with van der Waals surface area (Å²) in [4.78, 5) is 41.3. The summed E-state index contributed by atoms with van der Waals surface area (Å²) in [6.45, 7) is 0. The number of nitro benzene ring substituents is 1. The van der Waals surface area contributed by atoms with E-state index in [1.807, 2.05) is 5.32 Å². The number of para-hydroxylation sites is 1. The lowest BCUT2D eigenvalue weighted by atomic mass is 10.1. The van der Waals surface area contributed by atoms with Crippen molar-refractivity contribution in [3.63, 3.8) is 0 Å². The van der Waals surface area contributed by atoms with Gasteiger partial charge in [0.1, 0.15) is 5.56 Å². The molecule has 1 aromatic heterocycles. The molecule has 0 saturated heterocycles. The number of nitrogens with zero attached hydrogens (tertiary/aromatic N) is 3. The SMILES string of the molecule is O=C(NC(=O)c1ccccc1[N+](=O)[O-])Nc1ncc(Br)cn1. The summed E-state index contributed by atoms with van der Waals surface area (Å²) in [5.74, 6) is -0.919. The highest BCUT2D eigenvalue weighted by Gasteiger charge is 2.21. The molecule has 0 unspecified atom stereocenters. The van der Waals surface area contributed by atoms with E-state index in [1.54, 1.807) is 0 Å². The van der Waals surface area contributed by atoms with Crippen molar-refractivity contribution in [1.29, 1.82) is 0 Å². The van der Waals surface area contributed by atoms with Crippen LogP contribution in [0.3, 0.4) is 0 Å². The first-order valence-corrected chi connectivity index (χ1v) is 6.60. The zero-order valence-electron chi connectivity index (χ0n) is 10.8. The number of aromatic nitrogens is 2. The Hall–Kier alpha value is -2.88. The Labute approximate surface area is 132 Å². The lowest BCUT2D eigenvalue weighted by Gasteiger charge is -2.05. The van der Waals surface area contributed by atoms with E-state index in [0.29, 0.717) is 4.47 Å². The average molecular weight is 366 g/mol. The summed E-state index contributed by atoms with van der Waals surface area (Å²) >= 11 is 3.13. The number of urea groups is 1. The van der Waals surface area contributed by atoms with E-state index in [1.165, 1.54) is 36.7 Å². The number of carbonyl (C=O) groups excluding carboxylic acids is 2. The van der Waals surface area contributed by atoms with Crippen molar-refractivity contribution >= 4 is 39.5 Å². The zero-order chi connectivity index (χ0) is 16.1. The van der Waals surface area contributed by atoms with Crippen LogP contribution in [0.5, 0.6) is 0 Å². The molecule has 2 rings (SSSR count). The summed E-state index contributed by atoms with van der Waals surface area (Å²) in [7, 11) is 0. The molecule has 0 aliphatic carbocycles. The summed E-state index contributed by atoms with van der Waals surface area (Å²) in [6, 6.07) is 4.40. The Morgan fingerprint density at radius 3 is 2.45 bits per heavy atom. The topological polar surface area (TPSA) is 127 Å². The minimum absolute atomic E-state index is 0.0175. The summed E-state index contributed by atoms with van der Waals surface area (Å²) < 4.78 is 0.620. The maximum atomic E-state index is 11.9. The van der Waals surface area contributed by atoms with Gasteiger partial charge >= 0.3 is 6.03 Å². The smallest absolute Gasteiger partial charge is 0.276 e. The zero-order valence-corrected chi connectivity index (χ0v) is 12.4. The van der Waals surface area contributed by atoms with Crippen LogP contribution in [-0.2, 0) is 0 Å². The number of halogens is 1. The first kappa shape index (κ1) is 15.5. The Kier molecular flexibility index (Phi) is 4.73. The fraction of sp³-hybridized carbons (Fsp3) is 0. The molecule has 0 aliphatic heterocycles. The number of nitro groups is 1. The van der Waals surface area contributed by atoms with Crippen molar-refractivity contribution in [1.82, 2.24) is 15.3 Å². The maximum Gasteiger partial charge on any atom is 0.328 e. The summed E-state index contributed by atoms with van der Waals surface area (Å²) in [5.41, 5.74) is -0.618. The lowest BCUT2D eigenvalue weighted by Crippen LogP contribution is -2.35. The maximum absolute atomic E-state index is 11.9. The second kappa shape index (κ2) is 6.72. The second-order valence-electron chi connectivity index (χ2n) is 3.91. The van der Waals surface area contributed by atoms with Gasteiger partial charge in [-0.1, -0.05) is 12.1 Å². The van der Waals surface area contributed by atoms with Gasteiger partial charge in [-0.05, 0) is 22.0 Å². The minimum atomic E-state index is -0.901. The Morgan fingerprint density at radius 1 is 1.18 bits per heavy atom. The third-order valence-electron chi connectivity index (χ3n) is 2.42. The molecule has 0 fully saturated rings. The number of hydrogen-bond acceptors (Lipinski definition) is 6. The number of rotatable bonds is 3. The molecule has 3 amide bonds. The van der Waals surface area contributed by atoms with Gasteiger partial charge in [0.25, 0.3) is 11.6 Å². The Morgan fingerprint density at radius 2 is 1.82 bits per heavy atom. The van der Waals surface area contributed by atoms with Gasteiger partial charge in [-0.25, -0.2) is 14.8 Å². The van der Waals surface area contributed by atoms with Gasteiger partial charge in [0.05, 0.1) is 9.40 Å². The molecule has 9 nitrogen and oxygen atoms in total. The summed E-state index contributed by atoms with van der Waals surface area (Å²) in [5, 5.41) is 15.0. The van der Waals surface area contributed by atoms with Gasteiger partial charge < -0.3 is 0 Å². The molecular weight excluding hydrogens is 358 g/mol. The Balaban J connectivity index is 2.07. The van der Waals surface area contributed by atoms with E-state index in [4.69, 9.17) is 0 Å². The number of anilines is 1. The van der Waals surface area contributed by atoms with Crippen LogP contribution in [0.2, 0.25) is 0 Å². The van der Waals surface area contributed by atoms with Crippen LogP contribution in [0, 0.1) is 10.1 Å². The van der Waals surface area contributed by atoms with Crippen molar-refractivity contribution in [3.8, 4) is 0 Å². The third-order valence-corrected chi connectivity index (χ3v) is 2.83. The standard InChI is InChI=1S/C12H8BrN5O4/c13-7-5-14-11(15-6-7)17-12(20)16-10(19)8-3-1-2-4-9(8)18(21)22/h1-6H,(H2,14,15,16,17,19,20). The predicted molar refractivity (Wildman–Crippen MR) is 79.3 cm³/mol. The number of hydrogen-bond donors (Lipinski definition) is 2. The van der Waals surface area contributed by atoms with Crippen molar-refractivity contribution in [2.75, 3.05) is 5.32 Å². The molecule has 0 spiro atoms. The molecule has 0 atom stereocenters. The van der Waals surface area contributed by atoms with E-state index in [-0.39, 0.29) is 11.5 Å². The van der Waals surface area contributed by atoms with E-state index in [2.05, 4.69) is 31.2 Å². The van der Waals surface area contributed by atoms with Gasteiger partial charge in [0.15, 0.2) is 0 Å². The number of nitrogens with one attached hydrogen (secondary N) is 2. The number of benzene rings is 1. The van der Waals surface area contributed by atoms with Gasteiger partial charge in [-0.3, -0.25) is 25.5 Å². The van der Waals surface area contributed by atoms with Crippen molar-refractivity contribution in [3.05, 3.63) is 56.8 Å². The van der Waals surface area contributed by atoms with Crippen LogP contribution in [-0.4, -0.2) is 26.8 Å². The number of carbonyl (C=O) groups is 2. The van der Waals surface area contributed by atoms with Crippen LogP contribution in [0.1, 0.15) is 10.4 Å². The van der Waals surface area contributed by atoms with Gasteiger partial charge in [-0.2, -0.15) is 0 Å². The first-order valence-electron chi connectivity index (χ1n) is 5.80. The third kappa shape index (κ3) is 3.82. The quantitative estimate of drug-likeness (QED) is 0.633. The monoisotopic (exact) mass is 365 g/mol. The fourth-order valence-electron chi connectivity index (χ4n) is 1.50. The number of amides is 3. The molecule has 0 bridgehead atoms. The van der Waals surface area contributed by atoms with Crippen LogP contribution in [0.25, 0.3) is 0 Å². The van der Waals surface area contributed by atoms with Gasteiger partial charge in [0, 0.05) is 18.5 Å². The van der Waals surface area contributed by atoms with Gasteiger partial charge in [0.2, 0.25) is 5.95 Å². The second-order valence-corrected chi connectivity index (χ2v) is 4.82. The molecule has 1 heterocycles. The molecule has 112 valence electrons. The van der Waals surface area contributed by atoms with Crippen molar-refractivity contribution < 1.29 is 14.5 Å².